The molecule has 0 radical (unpaired) electrons. The average Bonchev–Trinajstić information content (AvgIpc) is 2.57. The Morgan fingerprint density at radius 2 is 2.21 bits per heavy atom. The van der Waals surface area contributed by atoms with Crippen LogP contribution >= 0.6 is 0 Å². The van der Waals surface area contributed by atoms with Gasteiger partial charge in [0.25, 0.3) is 5.69 Å². The largest absolute Gasteiger partial charge is 0.375 e. The highest BCUT2D eigenvalue weighted by Gasteiger charge is 2.34. The van der Waals surface area contributed by atoms with Gasteiger partial charge in [-0.3, -0.25) is 19.8 Å². The van der Waals surface area contributed by atoms with Crippen LogP contribution in [0.2, 0.25) is 0 Å². The Balaban J connectivity index is 1.62. The minimum absolute atomic E-state index is 0.0312. The van der Waals surface area contributed by atoms with E-state index in [2.05, 4.69) is 10.2 Å². The van der Waals surface area contributed by atoms with Gasteiger partial charge in [-0.1, -0.05) is 12.8 Å². The molecule has 1 saturated heterocycles. The van der Waals surface area contributed by atoms with E-state index in [1.807, 2.05) is 0 Å². The van der Waals surface area contributed by atoms with E-state index in [0.29, 0.717) is 30.4 Å². The number of carbonyl (C=O) groups is 1. The van der Waals surface area contributed by atoms with Gasteiger partial charge >= 0.3 is 0 Å². The van der Waals surface area contributed by atoms with Crippen LogP contribution in [-0.4, -0.2) is 47.6 Å². The smallest absolute Gasteiger partial charge is 0.269 e. The van der Waals surface area contributed by atoms with Crippen LogP contribution in [0.3, 0.4) is 0 Å². The molecule has 1 aliphatic carbocycles. The highest BCUT2D eigenvalue weighted by atomic mass is 16.6. The van der Waals surface area contributed by atoms with Crippen molar-refractivity contribution < 1.29 is 14.5 Å². The van der Waals surface area contributed by atoms with Crippen molar-refractivity contribution in [2.75, 3.05) is 25.0 Å². The number of ether oxygens (including phenoxy) is 1. The Labute approximate surface area is 141 Å². The number of amides is 1. The zero-order valence-electron chi connectivity index (χ0n) is 13.9. The summed E-state index contributed by atoms with van der Waals surface area (Å²) in [7, 11) is 0. The summed E-state index contributed by atoms with van der Waals surface area (Å²) >= 11 is 0. The number of nitro benzene ring substituents is 1. The lowest BCUT2D eigenvalue weighted by Crippen LogP contribution is -2.54. The molecule has 1 N–H and O–H groups in total. The summed E-state index contributed by atoms with van der Waals surface area (Å²) in [6.07, 6.45) is 4.79. The number of nitro groups is 1. The highest BCUT2D eigenvalue weighted by Crippen LogP contribution is 2.28. The molecule has 0 unspecified atom stereocenters. The van der Waals surface area contributed by atoms with Gasteiger partial charge in [-0.25, -0.2) is 0 Å². The van der Waals surface area contributed by atoms with Gasteiger partial charge in [0.05, 0.1) is 24.2 Å². The number of nitrogens with one attached hydrogen (secondary N) is 1. The second-order valence-corrected chi connectivity index (χ2v) is 6.54. The lowest BCUT2D eigenvalue weighted by atomic mass is 9.90. The van der Waals surface area contributed by atoms with E-state index in [4.69, 9.17) is 4.74 Å². The number of non-ortho nitro benzene ring substituents is 1. The molecule has 2 fully saturated rings. The van der Waals surface area contributed by atoms with E-state index in [9.17, 15) is 14.9 Å². The Morgan fingerprint density at radius 1 is 1.42 bits per heavy atom. The molecule has 2 atom stereocenters. The molecule has 1 saturated carbocycles. The molecule has 1 aliphatic heterocycles. The van der Waals surface area contributed by atoms with Gasteiger partial charge in [0, 0.05) is 30.4 Å². The third-order valence-electron chi connectivity index (χ3n) is 4.89. The first kappa shape index (κ1) is 16.9. The monoisotopic (exact) mass is 333 g/mol. The van der Waals surface area contributed by atoms with Gasteiger partial charge in [-0.05, 0) is 31.4 Å². The Morgan fingerprint density at radius 3 is 2.96 bits per heavy atom. The Bertz CT molecular complexity index is 632. The molecule has 7 nitrogen and oxygen atoms in total. The van der Waals surface area contributed by atoms with Crippen LogP contribution in [0.1, 0.15) is 31.2 Å². The second kappa shape index (κ2) is 7.27. The predicted molar refractivity (Wildman–Crippen MR) is 90.0 cm³/mol. The molecule has 1 aromatic carbocycles. The van der Waals surface area contributed by atoms with Crippen LogP contribution < -0.4 is 5.32 Å². The summed E-state index contributed by atoms with van der Waals surface area (Å²) in [6, 6.07) is 4.81. The van der Waals surface area contributed by atoms with Gasteiger partial charge < -0.3 is 10.1 Å². The Kier molecular flexibility index (Phi) is 5.11. The van der Waals surface area contributed by atoms with Crippen LogP contribution in [0, 0.1) is 17.0 Å². The SMILES string of the molecule is Cc1cc([N+](=O)[O-])ccc1NC(=O)CN1CCO[C@H]2CCCC[C@H]21. The fourth-order valence-electron chi connectivity index (χ4n) is 3.65. The van der Waals surface area contributed by atoms with Crippen molar-refractivity contribution in [2.45, 2.75) is 44.8 Å². The van der Waals surface area contributed by atoms with Gasteiger partial charge in [-0.15, -0.1) is 0 Å². The summed E-state index contributed by atoms with van der Waals surface area (Å²) in [5.74, 6) is -0.0850. The molecule has 0 spiro atoms. The van der Waals surface area contributed by atoms with E-state index in [0.717, 1.165) is 19.4 Å². The average molecular weight is 333 g/mol. The number of carbonyl (C=O) groups excluding carboxylic acids is 1. The summed E-state index contributed by atoms with van der Waals surface area (Å²) in [4.78, 5) is 25.0. The van der Waals surface area contributed by atoms with Gasteiger partial charge in [0.15, 0.2) is 0 Å². The first-order valence-electron chi connectivity index (χ1n) is 8.45. The van der Waals surface area contributed by atoms with Crippen LogP contribution in [0.15, 0.2) is 18.2 Å². The minimum Gasteiger partial charge on any atom is -0.375 e. The van der Waals surface area contributed by atoms with Crippen LogP contribution in [0.5, 0.6) is 0 Å². The van der Waals surface area contributed by atoms with E-state index < -0.39 is 4.92 Å². The molecule has 24 heavy (non-hydrogen) atoms. The third kappa shape index (κ3) is 3.73. The lowest BCUT2D eigenvalue weighted by Gasteiger charge is -2.43. The molecule has 0 aromatic heterocycles. The molecule has 3 rings (SSSR count). The van der Waals surface area contributed by atoms with Gasteiger partial charge in [0.1, 0.15) is 0 Å². The molecular formula is C17H23N3O4. The maximum Gasteiger partial charge on any atom is 0.269 e. The first-order valence-corrected chi connectivity index (χ1v) is 8.45. The van der Waals surface area contributed by atoms with Crippen LogP contribution in [-0.2, 0) is 9.53 Å². The second-order valence-electron chi connectivity index (χ2n) is 6.54. The van der Waals surface area contributed by atoms with Crippen molar-refractivity contribution >= 4 is 17.3 Å². The molecule has 2 aliphatic rings. The van der Waals surface area contributed by atoms with Gasteiger partial charge in [-0.2, -0.15) is 0 Å². The zero-order valence-corrected chi connectivity index (χ0v) is 13.9. The van der Waals surface area contributed by atoms with Crippen molar-refractivity contribution in [3.8, 4) is 0 Å². The predicted octanol–water partition coefficient (Wildman–Crippen LogP) is 2.49. The first-order chi connectivity index (χ1) is 11.5. The quantitative estimate of drug-likeness (QED) is 0.676. The number of morpholine rings is 1. The number of nitrogens with zero attached hydrogens (tertiary/aromatic N) is 2. The van der Waals surface area contributed by atoms with Crippen molar-refractivity contribution in [1.29, 1.82) is 0 Å². The minimum atomic E-state index is -0.435. The van der Waals surface area contributed by atoms with E-state index in [1.165, 1.54) is 25.0 Å². The number of hydrogen-bond donors (Lipinski definition) is 1. The fraction of sp³-hybridized carbons (Fsp3) is 0.588. The summed E-state index contributed by atoms with van der Waals surface area (Å²) in [6.45, 7) is 3.54. The summed E-state index contributed by atoms with van der Waals surface area (Å²) < 4.78 is 5.83. The van der Waals surface area contributed by atoms with Crippen LogP contribution in [0.4, 0.5) is 11.4 Å². The number of aryl methyl sites for hydroxylation is 1. The van der Waals surface area contributed by atoms with E-state index >= 15 is 0 Å². The highest BCUT2D eigenvalue weighted by molar-refractivity contribution is 5.93. The molecular weight excluding hydrogens is 310 g/mol. The zero-order chi connectivity index (χ0) is 17.1. The molecule has 7 heteroatoms. The summed E-state index contributed by atoms with van der Waals surface area (Å²) in [5.41, 5.74) is 1.35. The van der Waals surface area contributed by atoms with E-state index in [-0.39, 0.29) is 17.7 Å². The number of hydrogen-bond acceptors (Lipinski definition) is 5. The molecule has 1 heterocycles. The number of fused-ring (bicyclic) bond motifs is 1. The molecule has 1 amide bonds. The number of anilines is 1. The van der Waals surface area contributed by atoms with E-state index in [1.54, 1.807) is 13.0 Å². The van der Waals surface area contributed by atoms with Crippen molar-refractivity contribution in [3.05, 3.63) is 33.9 Å². The molecule has 0 bridgehead atoms. The topological polar surface area (TPSA) is 84.7 Å². The van der Waals surface area contributed by atoms with Crippen molar-refractivity contribution in [2.24, 2.45) is 0 Å². The maximum atomic E-state index is 12.4. The number of benzene rings is 1. The summed E-state index contributed by atoms with van der Waals surface area (Å²) in [5, 5.41) is 13.7. The van der Waals surface area contributed by atoms with Crippen LogP contribution in [0.25, 0.3) is 0 Å². The van der Waals surface area contributed by atoms with Crippen molar-refractivity contribution in [1.82, 2.24) is 4.90 Å². The lowest BCUT2D eigenvalue weighted by molar-refractivity contribution is -0.384. The third-order valence-corrected chi connectivity index (χ3v) is 4.89. The normalized spacial score (nSPS) is 24.2. The van der Waals surface area contributed by atoms with Gasteiger partial charge in [0.2, 0.25) is 5.91 Å². The number of rotatable bonds is 4. The Hall–Kier alpha value is -1.99. The maximum absolute atomic E-state index is 12.4. The van der Waals surface area contributed by atoms with Crippen molar-refractivity contribution in [3.63, 3.8) is 0 Å². The standard InChI is InChI=1S/C17H23N3O4/c1-12-10-13(20(22)23)6-7-14(12)18-17(21)11-19-8-9-24-16-5-3-2-4-15(16)19/h6-7,10,15-16H,2-5,8-9,11H2,1H3,(H,18,21)/t15-,16+/m1/s1. The fourth-order valence-corrected chi connectivity index (χ4v) is 3.65. The molecule has 130 valence electrons. The molecule has 1 aromatic rings.